The zero-order chi connectivity index (χ0) is 16.7. The van der Waals surface area contributed by atoms with E-state index in [1.54, 1.807) is 0 Å². The van der Waals surface area contributed by atoms with Gasteiger partial charge in [-0.25, -0.2) is 9.40 Å². The zero-order valence-corrected chi connectivity index (χ0v) is 12.9. The van der Waals surface area contributed by atoms with E-state index in [0.717, 1.165) is 5.01 Å². The molecule has 0 aliphatic carbocycles. The summed E-state index contributed by atoms with van der Waals surface area (Å²) >= 11 is 0. The van der Waals surface area contributed by atoms with Gasteiger partial charge in [-0.1, -0.05) is 5.22 Å². The lowest BCUT2D eigenvalue weighted by molar-refractivity contribution is -0.168. The number of halogens is 1. The van der Waals surface area contributed by atoms with Crippen molar-refractivity contribution < 1.29 is 28.2 Å². The van der Waals surface area contributed by atoms with E-state index >= 15 is 0 Å². The standard InChI is InChI=1S/C13H20FN3O5/c1-8(14)17(16-15-4)11-5-6-20-12(7-21-9(2)18)13(11)22-10(3)19/h5-6,8,11-13H,7H2,1-4H3/t8?,11-,12-,13-/m1/s1. The van der Waals surface area contributed by atoms with E-state index in [2.05, 4.69) is 10.3 Å². The summed E-state index contributed by atoms with van der Waals surface area (Å²) in [5, 5.41) is 8.32. The molecule has 1 aliphatic heterocycles. The van der Waals surface area contributed by atoms with Crippen LogP contribution in [-0.2, 0) is 23.8 Å². The number of hydrogen-bond donors (Lipinski definition) is 0. The average Bonchev–Trinajstić information content (AvgIpc) is 2.43. The Balaban J connectivity index is 3.00. The minimum atomic E-state index is -1.47. The molecule has 1 rings (SSSR count). The lowest BCUT2D eigenvalue weighted by Crippen LogP contribution is -2.53. The smallest absolute Gasteiger partial charge is 0.303 e. The Labute approximate surface area is 127 Å². The van der Waals surface area contributed by atoms with Crippen LogP contribution in [-0.4, -0.2) is 55.1 Å². The van der Waals surface area contributed by atoms with Crippen molar-refractivity contribution >= 4 is 11.9 Å². The molecule has 1 aliphatic rings. The molecule has 0 aromatic heterocycles. The fourth-order valence-electron chi connectivity index (χ4n) is 2.01. The molecule has 0 N–H and O–H groups in total. The van der Waals surface area contributed by atoms with Crippen molar-refractivity contribution in [2.75, 3.05) is 13.7 Å². The number of carbonyl (C=O) groups excluding carboxylic acids is 2. The minimum absolute atomic E-state index is 0.133. The summed E-state index contributed by atoms with van der Waals surface area (Å²) in [5.41, 5.74) is 0. The molecule has 1 heterocycles. The van der Waals surface area contributed by atoms with E-state index in [1.807, 2.05) is 0 Å². The van der Waals surface area contributed by atoms with Crippen LogP contribution in [0, 0.1) is 0 Å². The van der Waals surface area contributed by atoms with Crippen LogP contribution in [0.2, 0.25) is 0 Å². The van der Waals surface area contributed by atoms with Crippen molar-refractivity contribution in [2.24, 2.45) is 10.3 Å². The SMILES string of the molecule is CN=NN(C(C)F)[C@@H]1C=CO[C@H](COC(C)=O)[C@@H]1OC(C)=O. The fourth-order valence-corrected chi connectivity index (χ4v) is 2.01. The topological polar surface area (TPSA) is 89.8 Å². The Hall–Kier alpha value is -2.19. The van der Waals surface area contributed by atoms with E-state index in [-0.39, 0.29) is 6.61 Å². The van der Waals surface area contributed by atoms with Gasteiger partial charge in [-0.3, -0.25) is 9.59 Å². The van der Waals surface area contributed by atoms with Crippen molar-refractivity contribution in [3.8, 4) is 0 Å². The molecule has 124 valence electrons. The second-order valence-electron chi connectivity index (χ2n) is 4.61. The average molecular weight is 317 g/mol. The van der Waals surface area contributed by atoms with Crippen molar-refractivity contribution in [1.82, 2.24) is 5.01 Å². The van der Waals surface area contributed by atoms with Gasteiger partial charge in [-0.05, 0) is 13.0 Å². The van der Waals surface area contributed by atoms with Crippen LogP contribution in [0.25, 0.3) is 0 Å². The first-order valence-electron chi connectivity index (χ1n) is 6.71. The molecule has 9 heteroatoms. The Morgan fingerprint density at radius 1 is 1.41 bits per heavy atom. The summed E-state index contributed by atoms with van der Waals surface area (Å²) in [6, 6.07) is -0.734. The van der Waals surface area contributed by atoms with Crippen molar-refractivity contribution in [3.63, 3.8) is 0 Å². The molecule has 22 heavy (non-hydrogen) atoms. The van der Waals surface area contributed by atoms with Gasteiger partial charge < -0.3 is 14.2 Å². The second kappa shape index (κ2) is 8.30. The molecule has 4 atom stereocenters. The van der Waals surface area contributed by atoms with Gasteiger partial charge in [-0.2, -0.15) is 5.11 Å². The molecule has 0 aromatic rings. The minimum Gasteiger partial charge on any atom is -0.491 e. The third-order valence-electron chi connectivity index (χ3n) is 2.85. The lowest BCUT2D eigenvalue weighted by Gasteiger charge is -2.38. The lowest BCUT2D eigenvalue weighted by atomic mass is 10.0. The van der Waals surface area contributed by atoms with Crippen molar-refractivity contribution in [2.45, 2.75) is 45.3 Å². The van der Waals surface area contributed by atoms with Gasteiger partial charge in [0, 0.05) is 13.8 Å². The fraction of sp³-hybridized carbons (Fsp3) is 0.692. The molecule has 0 saturated carbocycles. The van der Waals surface area contributed by atoms with Gasteiger partial charge in [0.05, 0.1) is 13.3 Å². The molecule has 0 saturated heterocycles. The van der Waals surface area contributed by atoms with Gasteiger partial charge >= 0.3 is 11.9 Å². The quantitative estimate of drug-likeness (QED) is 0.318. The highest BCUT2D eigenvalue weighted by atomic mass is 19.1. The van der Waals surface area contributed by atoms with Crippen LogP contribution in [0.15, 0.2) is 22.7 Å². The third-order valence-corrected chi connectivity index (χ3v) is 2.85. The Kier molecular flexibility index (Phi) is 6.74. The van der Waals surface area contributed by atoms with Gasteiger partial charge in [0.25, 0.3) is 0 Å². The Morgan fingerprint density at radius 2 is 2.09 bits per heavy atom. The molecule has 0 aromatic carbocycles. The molecule has 0 radical (unpaired) electrons. The number of carbonyl (C=O) groups is 2. The molecule has 0 bridgehead atoms. The normalized spacial score (nSPS) is 25.4. The van der Waals surface area contributed by atoms with E-state index in [4.69, 9.17) is 14.2 Å². The maximum atomic E-state index is 13.8. The Morgan fingerprint density at radius 3 is 2.59 bits per heavy atom. The summed E-state index contributed by atoms with van der Waals surface area (Å²) in [7, 11) is 1.40. The zero-order valence-electron chi connectivity index (χ0n) is 12.9. The second-order valence-corrected chi connectivity index (χ2v) is 4.61. The van der Waals surface area contributed by atoms with E-state index in [1.165, 1.54) is 40.2 Å². The number of ether oxygens (including phenoxy) is 3. The largest absolute Gasteiger partial charge is 0.491 e. The van der Waals surface area contributed by atoms with Gasteiger partial charge in [-0.15, -0.1) is 0 Å². The first kappa shape index (κ1) is 17.9. The maximum Gasteiger partial charge on any atom is 0.303 e. The monoisotopic (exact) mass is 317 g/mol. The highest BCUT2D eigenvalue weighted by Crippen LogP contribution is 2.24. The van der Waals surface area contributed by atoms with Crippen molar-refractivity contribution in [1.29, 1.82) is 0 Å². The first-order chi connectivity index (χ1) is 10.4. The van der Waals surface area contributed by atoms with Crippen LogP contribution in [0.4, 0.5) is 4.39 Å². The van der Waals surface area contributed by atoms with Crippen LogP contribution in [0.5, 0.6) is 0 Å². The maximum absolute atomic E-state index is 13.8. The number of esters is 2. The molecule has 8 nitrogen and oxygen atoms in total. The van der Waals surface area contributed by atoms with E-state index in [0.29, 0.717) is 0 Å². The summed E-state index contributed by atoms with van der Waals surface area (Å²) < 4.78 is 29.2. The van der Waals surface area contributed by atoms with Crippen LogP contribution in [0.1, 0.15) is 20.8 Å². The summed E-state index contributed by atoms with van der Waals surface area (Å²) in [6.07, 6.45) is -0.298. The highest BCUT2D eigenvalue weighted by molar-refractivity contribution is 5.66. The predicted octanol–water partition coefficient (Wildman–Crippen LogP) is 1.38. The molecule has 0 fully saturated rings. The number of nitrogens with zero attached hydrogens (tertiary/aromatic N) is 3. The number of alkyl halides is 1. The third kappa shape index (κ3) is 4.97. The van der Waals surface area contributed by atoms with Gasteiger partial charge in [0.15, 0.2) is 18.5 Å². The van der Waals surface area contributed by atoms with Crippen LogP contribution in [0.3, 0.4) is 0 Å². The van der Waals surface area contributed by atoms with Crippen LogP contribution >= 0.6 is 0 Å². The van der Waals surface area contributed by atoms with Gasteiger partial charge in [0.1, 0.15) is 12.6 Å². The highest BCUT2D eigenvalue weighted by Gasteiger charge is 2.40. The molecular formula is C13H20FN3O5. The summed E-state index contributed by atoms with van der Waals surface area (Å²) in [6.45, 7) is 3.62. The predicted molar refractivity (Wildman–Crippen MR) is 73.2 cm³/mol. The molecular weight excluding hydrogens is 297 g/mol. The first-order valence-corrected chi connectivity index (χ1v) is 6.71. The van der Waals surface area contributed by atoms with Crippen molar-refractivity contribution in [3.05, 3.63) is 12.3 Å². The molecule has 1 unspecified atom stereocenters. The Bertz CT molecular complexity index is 455. The van der Waals surface area contributed by atoms with E-state index < -0.39 is 36.5 Å². The number of rotatable bonds is 6. The molecule has 0 spiro atoms. The summed E-state index contributed by atoms with van der Waals surface area (Å²) in [4.78, 5) is 22.2. The van der Waals surface area contributed by atoms with E-state index in [9.17, 15) is 14.0 Å². The van der Waals surface area contributed by atoms with Crippen LogP contribution < -0.4 is 0 Å². The van der Waals surface area contributed by atoms with Gasteiger partial charge in [0.2, 0.25) is 0 Å². The molecule has 0 amide bonds. The number of hydrogen-bond acceptors (Lipinski definition) is 7. The summed E-state index contributed by atoms with van der Waals surface area (Å²) in [5.74, 6) is -1.07.